The molecule has 2 aliphatic heterocycles. The smallest absolute Gasteiger partial charge is 0.352 e. The zero-order valence-corrected chi connectivity index (χ0v) is 25.7. The Morgan fingerprint density at radius 1 is 1.07 bits per heavy atom. The summed E-state index contributed by atoms with van der Waals surface area (Å²) in [7, 11) is 0. The van der Waals surface area contributed by atoms with E-state index >= 15 is 0 Å². The highest BCUT2D eigenvalue weighted by atomic mass is 35.5. The zero-order chi connectivity index (χ0) is 30.4. The molecule has 42 heavy (non-hydrogen) atoms. The van der Waals surface area contributed by atoms with Crippen molar-refractivity contribution in [2.45, 2.75) is 34.2 Å². The zero-order valence-electron chi connectivity index (χ0n) is 21.7. The van der Waals surface area contributed by atoms with Crippen LogP contribution < -0.4 is 15.2 Å². The summed E-state index contributed by atoms with van der Waals surface area (Å²) in [5, 5.41) is 24.3. The van der Waals surface area contributed by atoms with Crippen molar-refractivity contribution in [3.63, 3.8) is 0 Å². The van der Waals surface area contributed by atoms with Gasteiger partial charge in [-0.2, -0.15) is 4.57 Å². The van der Waals surface area contributed by atoms with Crippen LogP contribution >= 0.6 is 58.5 Å². The monoisotopic (exact) mass is 671 g/mol. The Labute approximate surface area is 263 Å². The van der Waals surface area contributed by atoms with Crippen LogP contribution in [0.5, 0.6) is 0 Å². The summed E-state index contributed by atoms with van der Waals surface area (Å²) in [6.07, 6.45) is 3.24. The predicted molar refractivity (Wildman–Crippen MR) is 159 cm³/mol. The summed E-state index contributed by atoms with van der Waals surface area (Å²) >= 11 is 16.1. The molecular weight excluding hydrogens is 647 g/mol. The fraction of sp³-hybridized carbons (Fsp3) is 0.308. The molecule has 16 heteroatoms. The van der Waals surface area contributed by atoms with Gasteiger partial charge in [0.1, 0.15) is 17.1 Å². The molecule has 1 aromatic carbocycles. The molecule has 0 aliphatic carbocycles. The number of aromatic nitrogens is 1. The van der Waals surface area contributed by atoms with Crippen molar-refractivity contribution in [1.29, 1.82) is 0 Å². The number of halogens is 2. The molecule has 0 unspecified atom stereocenters. The number of fused-ring (bicyclic) bond motifs is 1. The lowest BCUT2D eigenvalue weighted by molar-refractivity contribution is -0.684. The average molecular weight is 673 g/mol. The Balaban J connectivity index is 1.31. The first kappa shape index (κ1) is 32.0. The van der Waals surface area contributed by atoms with Crippen molar-refractivity contribution in [2.75, 3.05) is 23.8 Å². The molecule has 2 aromatic rings. The fourth-order valence-electron chi connectivity index (χ4n) is 4.09. The lowest BCUT2D eigenvalue weighted by Gasteiger charge is -2.49. The largest absolute Gasteiger partial charge is 0.481 e. The SMILES string of the molecule is O=C(O)CCNC(=O)C[n+]1ccc(SCC2=C(C(=O)O)N3C(=O)[C@@H](NC(=O)CSc4cc(Cl)ccc4Cl)[C@H]3SC2)cc1. The van der Waals surface area contributed by atoms with E-state index in [1.807, 2.05) is 0 Å². The highest BCUT2D eigenvalue weighted by Gasteiger charge is 2.54. The van der Waals surface area contributed by atoms with Crippen molar-refractivity contribution in [2.24, 2.45) is 0 Å². The number of hydrogen-bond donors (Lipinski definition) is 4. The highest BCUT2D eigenvalue weighted by molar-refractivity contribution is 8.01. The Morgan fingerprint density at radius 3 is 2.50 bits per heavy atom. The molecule has 0 saturated carbocycles. The molecule has 11 nitrogen and oxygen atoms in total. The summed E-state index contributed by atoms with van der Waals surface area (Å²) in [5.74, 6) is -2.65. The van der Waals surface area contributed by atoms with Crippen LogP contribution in [0, 0.1) is 0 Å². The molecule has 4 rings (SSSR count). The maximum absolute atomic E-state index is 12.9. The third kappa shape index (κ3) is 8.13. The third-order valence-electron chi connectivity index (χ3n) is 6.08. The Morgan fingerprint density at radius 2 is 1.81 bits per heavy atom. The number of β-lactam (4-membered cyclic amide) rings is 1. The van der Waals surface area contributed by atoms with Gasteiger partial charge in [0.05, 0.1) is 17.2 Å². The number of pyridine rings is 1. The average Bonchev–Trinajstić information content (AvgIpc) is 2.95. The van der Waals surface area contributed by atoms with E-state index in [1.54, 1.807) is 47.3 Å². The molecule has 1 saturated heterocycles. The van der Waals surface area contributed by atoms with Crippen LogP contribution in [0.4, 0.5) is 0 Å². The number of thioether (sulfide) groups is 3. The van der Waals surface area contributed by atoms with Gasteiger partial charge < -0.3 is 20.8 Å². The Kier molecular flexibility index (Phi) is 11.1. The van der Waals surface area contributed by atoms with Gasteiger partial charge in [0, 0.05) is 45.0 Å². The minimum absolute atomic E-state index is 0.0111. The molecule has 1 aromatic heterocycles. The van der Waals surface area contributed by atoms with Gasteiger partial charge in [-0.25, -0.2) is 4.79 Å². The maximum Gasteiger partial charge on any atom is 0.352 e. The molecule has 3 amide bonds. The van der Waals surface area contributed by atoms with Gasteiger partial charge in [0.25, 0.3) is 11.8 Å². The Hall–Kier alpha value is -2.91. The summed E-state index contributed by atoms with van der Waals surface area (Å²) in [5.41, 5.74) is 0.526. The van der Waals surface area contributed by atoms with E-state index in [0.29, 0.717) is 32.0 Å². The first-order chi connectivity index (χ1) is 20.0. The summed E-state index contributed by atoms with van der Waals surface area (Å²) in [6, 6.07) is 7.66. The van der Waals surface area contributed by atoms with Crippen molar-refractivity contribution < 1.29 is 38.8 Å². The van der Waals surface area contributed by atoms with Crippen LogP contribution in [-0.2, 0) is 30.5 Å². The van der Waals surface area contributed by atoms with Gasteiger partial charge >= 0.3 is 11.9 Å². The third-order valence-corrected chi connectivity index (χ3v) is 10.2. The number of aliphatic carboxylic acids is 2. The van der Waals surface area contributed by atoms with E-state index in [-0.39, 0.29) is 42.8 Å². The Bertz CT molecular complexity index is 1440. The maximum atomic E-state index is 12.9. The number of rotatable bonds is 13. The minimum atomic E-state index is -1.21. The quantitative estimate of drug-likeness (QED) is 0.142. The number of nitrogens with one attached hydrogen (secondary N) is 2. The molecule has 2 atom stereocenters. The van der Waals surface area contributed by atoms with Crippen LogP contribution in [0.1, 0.15) is 6.42 Å². The van der Waals surface area contributed by atoms with Gasteiger partial charge in [-0.05, 0) is 23.8 Å². The number of carbonyl (C=O) groups excluding carboxylic acids is 3. The molecule has 1 fully saturated rings. The number of carboxylic acid groups (broad SMARTS) is 2. The number of carboxylic acids is 2. The van der Waals surface area contributed by atoms with E-state index in [2.05, 4.69) is 10.6 Å². The van der Waals surface area contributed by atoms with Gasteiger partial charge in [-0.15, -0.1) is 35.3 Å². The molecule has 2 aliphatic rings. The van der Waals surface area contributed by atoms with Gasteiger partial charge in [-0.1, -0.05) is 23.2 Å². The van der Waals surface area contributed by atoms with Gasteiger partial charge in [0.15, 0.2) is 12.4 Å². The molecular formula is C26H25Cl2N4O7S3+. The van der Waals surface area contributed by atoms with Crippen molar-refractivity contribution in [3.05, 3.63) is 64.0 Å². The number of benzene rings is 1. The first-order valence-electron chi connectivity index (χ1n) is 12.4. The van der Waals surface area contributed by atoms with Gasteiger partial charge in [-0.3, -0.25) is 24.1 Å². The normalized spacial score (nSPS) is 17.8. The minimum Gasteiger partial charge on any atom is -0.481 e. The molecule has 0 spiro atoms. The lowest BCUT2D eigenvalue weighted by atomic mass is 10.0. The summed E-state index contributed by atoms with van der Waals surface area (Å²) in [6.45, 7) is 0.0757. The fourth-order valence-corrected chi connectivity index (χ4v) is 7.76. The lowest BCUT2D eigenvalue weighted by Crippen LogP contribution is -2.70. The summed E-state index contributed by atoms with van der Waals surface area (Å²) < 4.78 is 1.64. The molecule has 3 heterocycles. The number of amides is 3. The molecule has 0 radical (unpaired) electrons. The predicted octanol–water partition coefficient (Wildman–Crippen LogP) is 2.49. The van der Waals surface area contributed by atoms with E-state index in [4.69, 9.17) is 28.3 Å². The highest BCUT2D eigenvalue weighted by Crippen LogP contribution is 2.41. The molecule has 0 bridgehead atoms. The summed E-state index contributed by atoms with van der Waals surface area (Å²) in [4.78, 5) is 62.9. The number of hydrogen-bond acceptors (Lipinski definition) is 8. The standard InChI is InChI=1S/C26H24Cl2N4O7S3/c27-15-1-2-17(28)18(9-15)41-13-20(34)30-22-24(37)32-23(26(38)39)14(12-42-25(22)32)11-40-16-4-7-31(8-5-16)10-19(33)29-6-3-21(35)36/h1-2,4-5,7-9,22,25H,3,6,10-13H2,(H3-,29,30,33,34,35,36,38,39)/p+1/t22-,25-/m1/s1. The van der Waals surface area contributed by atoms with E-state index in [1.165, 1.54) is 40.2 Å². The topological polar surface area (TPSA) is 157 Å². The second kappa shape index (κ2) is 14.5. The van der Waals surface area contributed by atoms with Crippen LogP contribution in [0.2, 0.25) is 10.0 Å². The second-order valence-corrected chi connectivity index (χ2v) is 13.1. The van der Waals surface area contributed by atoms with E-state index in [9.17, 15) is 29.1 Å². The van der Waals surface area contributed by atoms with E-state index < -0.39 is 29.3 Å². The van der Waals surface area contributed by atoms with Crippen molar-refractivity contribution in [1.82, 2.24) is 15.5 Å². The van der Waals surface area contributed by atoms with Gasteiger partial charge in [0.2, 0.25) is 12.5 Å². The van der Waals surface area contributed by atoms with Crippen LogP contribution in [0.25, 0.3) is 0 Å². The van der Waals surface area contributed by atoms with Crippen LogP contribution in [0.15, 0.2) is 63.8 Å². The number of nitrogens with zero attached hydrogens (tertiary/aromatic N) is 2. The number of carbonyl (C=O) groups is 5. The first-order valence-corrected chi connectivity index (χ1v) is 16.2. The van der Waals surface area contributed by atoms with Crippen molar-refractivity contribution in [3.8, 4) is 0 Å². The molecule has 222 valence electrons. The van der Waals surface area contributed by atoms with Crippen molar-refractivity contribution >= 4 is 88.1 Å². The van der Waals surface area contributed by atoms with Crippen LogP contribution in [0.3, 0.4) is 0 Å². The van der Waals surface area contributed by atoms with Crippen LogP contribution in [-0.4, -0.2) is 80.0 Å². The molecule has 4 N–H and O–H groups in total. The second-order valence-electron chi connectivity index (χ2n) is 9.06. The van der Waals surface area contributed by atoms with E-state index in [0.717, 1.165) is 4.90 Å².